The first-order valence-electron chi connectivity index (χ1n) is 10.6. The summed E-state index contributed by atoms with van der Waals surface area (Å²) in [6.45, 7) is 0. The van der Waals surface area contributed by atoms with Crippen LogP contribution in [0.15, 0.2) is 103 Å². The Balaban J connectivity index is 1.45. The first kappa shape index (κ1) is 18.8. The van der Waals surface area contributed by atoms with Gasteiger partial charge in [-0.2, -0.15) is 0 Å². The van der Waals surface area contributed by atoms with E-state index in [9.17, 15) is 0 Å². The van der Waals surface area contributed by atoms with E-state index in [1.54, 1.807) is 0 Å². The minimum atomic E-state index is 0.655. The fourth-order valence-electron chi connectivity index (χ4n) is 4.00. The summed E-state index contributed by atoms with van der Waals surface area (Å²) < 4.78 is 2.62. The number of rotatable bonds is 4. The van der Waals surface area contributed by atoms with Crippen molar-refractivity contribution in [3.05, 3.63) is 115 Å². The molecule has 152 valence electrons. The van der Waals surface area contributed by atoms with E-state index in [1.165, 1.54) is 25.7 Å². The van der Waals surface area contributed by atoms with E-state index in [1.807, 2.05) is 72.0 Å². The van der Waals surface area contributed by atoms with Gasteiger partial charge in [0.25, 0.3) is 0 Å². The van der Waals surface area contributed by atoms with Crippen LogP contribution >= 0.6 is 11.3 Å². The maximum absolute atomic E-state index is 4.83. The Bertz CT molecular complexity index is 1480. The number of fused-ring (bicyclic) bond motifs is 3. The summed E-state index contributed by atoms with van der Waals surface area (Å²) in [5.74, 6) is 2.18. The molecule has 0 spiro atoms. The van der Waals surface area contributed by atoms with Crippen LogP contribution in [0.5, 0.6) is 0 Å². The van der Waals surface area contributed by atoms with Crippen LogP contribution in [0, 0.1) is 0 Å². The lowest BCUT2D eigenvalue weighted by Crippen LogP contribution is -2.04. The molecule has 4 aromatic carbocycles. The third kappa shape index (κ3) is 3.55. The molecule has 0 aliphatic rings. The van der Waals surface area contributed by atoms with Gasteiger partial charge >= 0.3 is 0 Å². The Morgan fingerprint density at radius 3 is 1.81 bits per heavy atom. The van der Waals surface area contributed by atoms with Crippen LogP contribution < -0.4 is 0 Å². The Hall–Kier alpha value is -3.89. The summed E-state index contributed by atoms with van der Waals surface area (Å²) in [5.41, 5.74) is 3.19. The molecule has 0 aliphatic heterocycles. The van der Waals surface area contributed by atoms with Crippen LogP contribution in [0.4, 0.5) is 0 Å². The van der Waals surface area contributed by atoms with Crippen molar-refractivity contribution in [2.75, 3.05) is 0 Å². The normalized spacial score (nSPS) is 11.2. The summed E-state index contributed by atoms with van der Waals surface area (Å²) in [4.78, 5) is 14.4. The third-order valence-corrected chi connectivity index (χ3v) is 6.70. The van der Waals surface area contributed by atoms with Crippen molar-refractivity contribution in [1.82, 2.24) is 15.0 Å². The maximum atomic E-state index is 4.83. The fraction of sp³-hybridized carbons (Fsp3) is 0.0357. The molecule has 6 rings (SSSR count). The van der Waals surface area contributed by atoms with Crippen LogP contribution in [0.2, 0.25) is 0 Å². The van der Waals surface area contributed by atoms with E-state index in [2.05, 4.69) is 42.5 Å². The highest BCUT2D eigenvalue weighted by Crippen LogP contribution is 2.34. The second kappa shape index (κ2) is 7.98. The zero-order valence-corrected chi connectivity index (χ0v) is 18.1. The molecule has 0 radical (unpaired) electrons. The van der Waals surface area contributed by atoms with Crippen LogP contribution in [-0.2, 0) is 6.42 Å². The van der Waals surface area contributed by atoms with Gasteiger partial charge < -0.3 is 0 Å². The van der Waals surface area contributed by atoms with Crippen molar-refractivity contribution in [3.63, 3.8) is 0 Å². The van der Waals surface area contributed by atoms with Crippen molar-refractivity contribution in [3.8, 4) is 22.8 Å². The number of nitrogens with zero attached hydrogens (tertiary/aromatic N) is 3. The van der Waals surface area contributed by atoms with E-state index >= 15 is 0 Å². The second-order valence-corrected chi connectivity index (χ2v) is 8.82. The molecule has 0 saturated carbocycles. The van der Waals surface area contributed by atoms with Crippen molar-refractivity contribution < 1.29 is 0 Å². The van der Waals surface area contributed by atoms with Gasteiger partial charge in [-0.1, -0.05) is 84.9 Å². The molecule has 0 amide bonds. The average molecular weight is 430 g/mol. The molecule has 2 aromatic heterocycles. The van der Waals surface area contributed by atoms with Gasteiger partial charge in [-0.05, 0) is 23.8 Å². The van der Waals surface area contributed by atoms with Gasteiger partial charge in [0.15, 0.2) is 11.6 Å². The Labute approximate surface area is 190 Å². The lowest BCUT2D eigenvalue weighted by atomic mass is 10.1. The van der Waals surface area contributed by atoms with Crippen LogP contribution in [0.1, 0.15) is 11.4 Å². The predicted molar refractivity (Wildman–Crippen MR) is 133 cm³/mol. The van der Waals surface area contributed by atoms with Crippen molar-refractivity contribution in [1.29, 1.82) is 0 Å². The van der Waals surface area contributed by atoms with E-state index in [0.29, 0.717) is 18.1 Å². The van der Waals surface area contributed by atoms with Gasteiger partial charge in [0, 0.05) is 37.7 Å². The third-order valence-electron chi connectivity index (χ3n) is 5.55. The smallest absolute Gasteiger partial charge is 0.163 e. The van der Waals surface area contributed by atoms with Crippen molar-refractivity contribution in [2.45, 2.75) is 6.42 Å². The largest absolute Gasteiger partial charge is 0.213 e. The lowest BCUT2D eigenvalue weighted by Gasteiger charge is -2.08. The summed E-state index contributed by atoms with van der Waals surface area (Å²) >= 11 is 1.83. The van der Waals surface area contributed by atoms with Gasteiger partial charge in [0.1, 0.15) is 5.82 Å². The van der Waals surface area contributed by atoms with Gasteiger partial charge in [-0.15, -0.1) is 11.3 Å². The molecule has 0 bridgehead atoms. The number of thiophene rings is 1. The first-order chi connectivity index (χ1) is 15.8. The highest BCUT2D eigenvalue weighted by molar-refractivity contribution is 7.25. The lowest BCUT2D eigenvalue weighted by molar-refractivity contribution is 0.933. The quantitative estimate of drug-likeness (QED) is 0.298. The summed E-state index contributed by atoms with van der Waals surface area (Å²) in [5, 5.41) is 2.60. The number of hydrogen-bond donors (Lipinski definition) is 0. The molecular weight excluding hydrogens is 410 g/mol. The van der Waals surface area contributed by atoms with Gasteiger partial charge in [0.2, 0.25) is 0 Å². The molecule has 0 atom stereocenters. The Morgan fingerprint density at radius 1 is 0.531 bits per heavy atom. The van der Waals surface area contributed by atoms with Gasteiger partial charge in [-0.25, -0.2) is 15.0 Å². The van der Waals surface area contributed by atoms with E-state index in [-0.39, 0.29) is 0 Å². The molecule has 0 unspecified atom stereocenters. The van der Waals surface area contributed by atoms with Crippen LogP contribution in [0.3, 0.4) is 0 Å². The minimum Gasteiger partial charge on any atom is -0.213 e. The molecule has 6 aromatic rings. The molecule has 0 fully saturated rings. The summed E-state index contributed by atoms with van der Waals surface area (Å²) in [7, 11) is 0. The molecule has 2 heterocycles. The predicted octanol–water partition coefficient (Wildman–Crippen LogP) is 7.16. The number of benzene rings is 4. The van der Waals surface area contributed by atoms with E-state index in [4.69, 9.17) is 15.0 Å². The SMILES string of the molecule is c1ccc(-c2nc(Cc3ccc4sc5ccccc5c4c3)nc(-c3ccccc3)n2)cc1. The van der Waals surface area contributed by atoms with Gasteiger partial charge in [0.05, 0.1) is 0 Å². The number of aromatic nitrogens is 3. The summed E-state index contributed by atoms with van der Waals surface area (Å²) in [6.07, 6.45) is 0.655. The minimum absolute atomic E-state index is 0.655. The zero-order chi connectivity index (χ0) is 21.3. The molecule has 4 heteroatoms. The first-order valence-corrected chi connectivity index (χ1v) is 11.4. The van der Waals surface area contributed by atoms with Crippen LogP contribution in [0.25, 0.3) is 42.9 Å². The molecule has 3 nitrogen and oxygen atoms in total. The fourth-order valence-corrected chi connectivity index (χ4v) is 5.08. The molecule has 32 heavy (non-hydrogen) atoms. The Kier molecular flexibility index (Phi) is 4.70. The molecule has 0 saturated heterocycles. The monoisotopic (exact) mass is 429 g/mol. The van der Waals surface area contributed by atoms with Crippen molar-refractivity contribution >= 4 is 31.5 Å². The highest BCUT2D eigenvalue weighted by atomic mass is 32.1. The molecule has 0 aliphatic carbocycles. The summed E-state index contributed by atoms with van der Waals surface area (Å²) in [6, 6.07) is 35.5. The van der Waals surface area contributed by atoms with Crippen LogP contribution in [-0.4, -0.2) is 15.0 Å². The van der Waals surface area contributed by atoms with Crippen molar-refractivity contribution in [2.24, 2.45) is 0 Å². The van der Waals surface area contributed by atoms with E-state index in [0.717, 1.165) is 17.0 Å². The standard InChI is InChI=1S/C28H19N3S/c1-3-9-20(10-4-1)27-29-26(30-28(31-27)21-11-5-2-6-12-21)18-19-15-16-25-23(17-19)22-13-7-8-14-24(22)32-25/h1-17H,18H2. The topological polar surface area (TPSA) is 38.7 Å². The second-order valence-electron chi connectivity index (χ2n) is 7.74. The highest BCUT2D eigenvalue weighted by Gasteiger charge is 2.12. The van der Waals surface area contributed by atoms with Gasteiger partial charge in [-0.3, -0.25) is 0 Å². The maximum Gasteiger partial charge on any atom is 0.163 e. The molecular formula is C28H19N3S. The van der Waals surface area contributed by atoms with E-state index < -0.39 is 0 Å². The number of hydrogen-bond acceptors (Lipinski definition) is 4. The molecule has 0 N–H and O–H groups in total. The average Bonchev–Trinajstić information content (AvgIpc) is 3.23. The Morgan fingerprint density at radius 2 is 1.12 bits per heavy atom. The zero-order valence-electron chi connectivity index (χ0n) is 17.3.